The zero-order valence-corrected chi connectivity index (χ0v) is 13.5. The van der Waals surface area contributed by atoms with Crippen LogP contribution in [0.5, 0.6) is 0 Å². The topological polar surface area (TPSA) is 56.7 Å². The summed E-state index contributed by atoms with van der Waals surface area (Å²) in [5, 5.41) is 5.91. The molecule has 5 heteroatoms. The Kier molecular flexibility index (Phi) is 6.17. The van der Waals surface area contributed by atoms with Crippen molar-refractivity contribution in [3.05, 3.63) is 66.2 Å². The molecule has 1 amide bonds. The quantitative estimate of drug-likeness (QED) is 0.658. The molecule has 0 spiro atoms. The predicted octanol–water partition coefficient (Wildman–Crippen LogP) is 2.33. The molecule has 0 aliphatic rings. The van der Waals surface area contributed by atoms with Crippen LogP contribution in [0, 0.1) is 0 Å². The van der Waals surface area contributed by atoms with E-state index in [2.05, 4.69) is 15.6 Å². The molecule has 0 saturated carbocycles. The maximum Gasteiger partial charge on any atom is 0.243 e. The summed E-state index contributed by atoms with van der Waals surface area (Å²) in [6.07, 6.45) is 0. The Balaban J connectivity index is 1.88. The fraction of sp³-hybridized carbons (Fsp3) is 0.222. The minimum atomic E-state index is -0.106. The summed E-state index contributed by atoms with van der Waals surface area (Å²) in [6, 6.07) is 19.4. The zero-order valence-electron chi connectivity index (χ0n) is 13.5. The van der Waals surface area contributed by atoms with E-state index in [0.717, 1.165) is 11.3 Å². The van der Waals surface area contributed by atoms with Crippen molar-refractivity contribution in [3.63, 3.8) is 0 Å². The van der Waals surface area contributed by atoms with Crippen LogP contribution in [0.15, 0.2) is 65.7 Å². The van der Waals surface area contributed by atoms with Gasteiger partial charge in [0.15, 0.2) is 5.96 Å². The number of hydrogen-bond acceptors (Lipinski definition) is 2. The maximum absolute atomic E-state index is 12.0. The first-order chi connectivity index (χ1) is 11.1. The molecule has 0 radical (unpaired) electrons. The van der Waals surface area contributed by atoms with E-state index in [-0.39, 0.29) is 12.5 Å². The second kappa shape index (κ2) is 8.58. The van der Waals surface area contributed by atoms with E-state index in [1.54, 1.807) is 0 Å². The Morgan fingerprint density at radius 2 is 1.61 bits per heavy atom. The monoisotopic (exact) mass is 310 g/mol. The van der Waals surface area contributed by atoms with Gasteiger partial charge in [0.25, 0.3) is 0 Å². The van der Waals surface area contributed by atoms with Gasteiger partial charge >= 0.3 is 0 Å². The summed E-state index contributed by atoms with van der Waals surface area (Å²) >= 11 is 0. The highest BCUT2D eigenvalue weighted by Gasteiger charge is 2.06. The summed E-state index contributed by atoms with van der Waals surface area (Å²) in [7, 11) is 3.79. The predicted molar refractivity (Wildman–Crippen MR) is 94.3 cm³/mol. The first-order valence-electron chi connectivity index (χ1n) is 7.49. The summed E-state index contributed by atoms with van der Waals surface area (Å²) in [5.41, 5.74) is 1.91. The van der Waals surface area contributed by atoms with E-state index in [0.29, 0.717) is 12.5 Å². The van der Waals surface area contributed by atoms with Gasteiger partial charge in [0.2, 0.25) is 5.91 Å². The van der Waals surface area contributed by atoms with Crippen molar-refractivity contribution in [2.45, 2.75) is 6.54 Å². The Hall–Kier alpha value is -2.82. The third kappa shape index (κ3) is 5.82. The highest BCUT2D eigenvalue weighted by Crippen LogP contribution is 2.04. The molecular weight excluding hydrogens is 288 g/mol. The number of benzene rings is 2. The lowest BCUT2D eigenvalue weighted by Gasteiger charge is -2.17. The summed E-state index contributed by atoms with van der Waals surface area (Å²) in [5.74, 6) is 0.572. The molecule has 0 saturated heterocycles. The van der Waals surface area contributed by atoms with Crippen LogP contribution >= 0.6 is 0 Å². The van der Waals surface area contributed by atoms with Crippen molar-refractivity contribution in [2.75, 3.05) is 26.0 Å². The van der Waals surface area contributed by atoms with Gasteiger partial charge in [0.05, 0.1) is 13.1 Å². The Labute approximate surface area is 137 Å². The second-order valence-electron chi connectivity index (χ2n) is 5.29. The number of rotatable bonds is 5. The smallest absolute Gasteiger partial charge is 0.243 e. The molecule has 2 aromatic rings. The molecule has 2 rings (SSSR count). The minimum absolute atomic E-state index is 0.106. The summed E-state index contributed by atoms with van der Waals surface area (Å²) in [6.45, 7) is 0.738. The molecule has 0 bridgehead atoms. The molecule has 0 aromatic heterocycles. The Morgan fingerprint density at radius 1 is 1.00 bits per heavy atom. The van der Waals surface area contributed by atoms with Gasteiger partial charge in [-0.15, -0.1) is 0 Å². The van der Waals surface area contributed by atoms with Crippen molar-refractivity contribution in [3.8, 4) is 0 Å². The molecule has 0 aliphatic carbocycles. The molecule has 0 atom stereocenters. The van der Waals surface area contributed by atoms with E-state index >= 15 is 0 Å². The number of hydrogen-bond donors (Lipinski definition) is 2. The molecule has 2 aromatic carbocycles. The van der Waals surface area contributed by atoms with Crippen molar-refractivity contribution in [1.82, 2.24) is 10.2 Å². The van der Waals surface area contributed by atoms with Crippen LogP contribution in [-0.2, 0) is 11.3 Å². The highest BCUT2D eigenvalue weighted by atomic mass is 16.1. The van der Waals surface area contributed by atoms with Gasteiger partial charge in [0.1, 0.15) is 0 Å². The van der Waals surface area contributed by atoms with Gasteiger partial charge < -0.3 is 15.5 Å². The van der Waals surface area contributed by atoms with Gasteiger partial charge in [-0.05, 0) is 17.7 Å². The largest absolute Gasteiger partial charge is 0.349 e. The lowest BCUT2D eigenvalue weighted by atomic mass is 10.2. The van der Waals surface area contributed by atoms with Crippen LogP contribution in [0.4, 0.5) is 5.69 Å². The fourth-order valence-electron chi connectivity index (χ4n) is 1.99. The van der Waals surface area contributed by atoms with Crippen LogP contribution < -0.4 is 10.6 Å². The Bertz CT molecular complexity index is 639. The molecule has 0 unspecified atom stereocenters. The van der Waals surface area contributed by atoms with E-state index in [4.69, 9.17) is 0 Å². The number of anilines is 1. The highest BCUT2D eigenvalue weighted by molar-refractivity contribution is 5.94. The van der Waals surface area contributed by atoms with Crippen molar-refractivity contribution >= 4 is 17.6 Å². The average Bonchev–Trinajstić information content (AvgIpc) is 2.56. The number of carbonyl (C=O) groups is 1. The Morgan fingerprint density at radius 3 is 2.22 bits per heavy atom. The number of nitrogens with one attached hydrogen (secondary N) is 2. The zero-order chi connectivity index (χ0) is 16.5. The lowest BCUT2D eigenvalue weighted by Crippen LogP contribution is -2.40. The van der Waals surface area contributed by atoms with Gasteiger partial charge in [-0.3, -0.25) is 4.79 Å². The first kappa shape index (κ1) is 16.5. The van der Waals surface area contributed by atoms with Gasteiger partial charge in [-0.25, -0.2) is 4.99 Å². The van der Waals surface area contributed by atoms with E-state index in [1.165, 1.54) is 0 Å². The first-order valence-corrected chi connectivity index (χ1v) is 7.49. The molecule has 5 nitrogen and oxygen atoms in total. The molecule has 120 valence electrons. The summed E-state index contributed by atoms with van der Waals surface area (Å²) in [4.78, 5) is 18.4. The van der Waals surface area contributed by atoms with Gasteiger partial charge in [0, 0.05) is 19.8 Å². The van der Waals surface area contributed by atoms with Crippen LogP contribution in [0.3, 0.4) is 0 Å². The fourth-order valence-corrected chi connectivity index (χ4v) is 1.99. The van der Waals surface area contributed by atoms with Crippen LogP contribution in [-0.4, -0.2) is 37.4 Å². The van der Waals surface area contributed by atoms with Gasteiger partial charge in [-0.1, -0.05) is 48.5 Å². The van der Waals surface area contributed by atoms with E-state index in [9.17, 15) is 4.79 Å². The number of nitrogens with zero attached hydrogens (tertiary/aromatic N) is 2. The molecular formula is C18H22N4O. The lowest BCUT2D eigenvalue weighted by molar-refractivity contribution is -0.115. The minimum Gasteiger partial charge on any atom is -0.349 e. The number of para-hydroxylation sites is 1. The average molecular weight is 310 g/mol. The van der Waals surface area contributed by atoms with Crippen molar-refractivity contribution < 1.29 is 4.79 Å². The molecule has 2 N–H and O–H groups in total. The van der Waals surface area contributed by atoms with Crippen LogP contribution in [0.2, 0.25) is 0 Å². The van der Waals surface area contributed by atoms with Crippen molar-refractivity contribution in [1.29, 1.82) is 0 Å². The molecule has 0 heterocycles. The molecule has 0 aliphatic heterocycles. The van der Waals surface area contributed by atoms with E-state index in [1.807, 2.05) is 79.7 Å². The molecule has 23 heavy (non-hydrogen) atoms. The second-order valence-corrected chi connectivity index (χ2v) is 5.29. The standard InChI is InChI=1S/C18H22N4O/c1-22(2)18(19-13-15-9-5-3-6-10-15)20-14-17(23)21-16-11-7-4-8-12-16/h3-12H,13-14H2,1-2H3,(H,19,20)(H,21,23). The molecule has 0 fully saturated rings. The number of aliphatic imine (C=N–C) groups is 1. The van der Waals surface area contributed by atoms with Crippen molar-refractivity contribution in [2.24, 2.45) is 4.99 Å². The third-order valence-electron chi connectivity index (χ3n) is 3.14. The normalized spacial score (nSPS) is 11.0. The van der Waals surface area contributed by atoms with Gasteiger partial charge in [-0.2, -0.15) is 0 Å². The summed E-state index contributed by atoms with van der Waals surface area (Å²) < 4.78 is 0. The van der Waals surface area contributed by atoms with Crippen LogP contribution in [0.1, 0.15) is 5.56 Å². The SMILES string of the molecule is CN(C)C(=NCc1ccccc1)NCC(=O)Nc1ccccc1. The van der Waals surface area contributed by atoms with Crippen LogP contribution in [0.25, 0.3) is 0 Å². The number of amides is 1. The van der Waals surface area contributed by atoms with E-state index < -0.39 is 0 Å². The maximum atomic E-state index is 12.0. The number of carbonyl (C=O) groups excluding carboxylic acids is 1. The number of guanidine groups is 1. The third-order valence-corrected chi connectivity index (χ3v) is 3.14.